The van der Waals surface area contributed by atoms with E-state index >= 15 is 0 Å². The predicted octanol–water partition coefficient (Wildman–Crippen LogP) is 3.66. The van der Waals surface area contributed by atoms with Gasteiger partial charge in [-0.3, -0.25) is 4.79 Å². The Morgan fingerprint density at radius 3 is 2.21 bits per heavy atom. The Bertz CT molecular complexity index is 793. The van der Waals surface area contributed by atoms with E-state index < -0.39 is 0 Å². The van der Waals surface area contributed by atoms with E-state index in [0.717, 1.165) is 5.56 Å². The van der Waals surface area contributed by atoms with Gasteiger partial charge in [-0.2, -0.15) is 5.10 Å². The van der Waals surface area contributed by atoms with Gasteiger partial charge < -0.3 is 18.9 Å². The van der Waals surface area contributed by atoms with E-state index in [-0.39, 0.29) is 5.91 Å². The topological polar surface area (TPSA) is 78.4 Å². The Kier molecular flexibility index (Phi) is 8.14. The van der Waals surface area contributed by atoms with Gasteiger partial charge in [0.15, 0.2) is 11.5 Å². The average Bonchev–Trinajstić information content (AvgIpc) is 2.70. The standard InChI is InChI=1S/C21H26N2O5/c1-5-26-18-12-16(13-19(27-6-2)20(18)28-7-3)21(24)23-22-14-15-9-8-10-17(11-15)25-4/h8-14H,5-7H2,1-4H3,(H,23,24)/b22-14-. The molecule has 2 aromatic rings. The Labute approximate surface area is 165 Å². The van der Waals surface area contributed by atoms with Gasteiger partial charge in [0, 0.05) is 5.56 Å². The molecule has 7 heteroatoms. The van der Waals surface area contributed by atoms with Crippen LogP contribution < -0.4 is 24.4 Å². The van der Waals surface area contributed by atoms with Crippen molar-refractivity contribution in [3.63, 3.8) is 0 Å². The minimum absolute atomic E-state index is 0.359. The molecule has 1 amide bonds. The number of rotatable bonds is 10. The minimum atomic E-state index is -0.385. The van der Waals surface area contributed by atoms with E-state index in [9.17, 15) is 4.79 Å². The van der Waals surface area contributed by atoms with Gasteiger partial charge in [0.25, 0.3) is 5.91 Å². The highest BCUT2D eigenvalue weighted by Crippen LogP contribution is 2.39. The zero-order chi connectivity index (χ0) is 20.4. The molecule has 0 aliphatic rings. The molecule has 0 aliphatic heterocycles. The molecule has 0 aromatic heterocycles. The lowest BCUT2D eigenvalue weighted by atomic mass is 10.1. The van der Waals surface area contributed by atoms with Gasteiger partial charge >= 0.3 is 0 Å². The lowest BCUT2D eigenvalue weighted by Gasteiger charge is -2.16. The summed E-state index contributed by atoms with van der Waals surface area (Å²) in [7, 11) is 1.59. The Hall–Kier alpha value is -3.22. The number of hydrazone groups is 1. The van der Waals surface area contributed by atoms with Gasteiger partial charge in [0.05, 0.1) is 33.1 Å². The number of hydrogen-bond acceptors (Lipinski definition) is 6. The highest BCUT2D eigenvalue weighted by Gasteiger charge is 2.18. The smallest absolute Gasteiger partial charge is 0.271 e. The summed E-state index contributed by atoms with van der Waals surface area (Å²) < 4.78 is 22.1. The number of nitrogens with zero attached hydrogens (tertiary/aromatic N) is 1. The lowest BCUT2D eigenvalue weighted by Crippen LogP contribution is -2.18. The van der Waals surface area contributed by atoms with E-state index in [2.05, 4.69) is 10.5 Å². The molecular weight excluding hydrogens is 360 g/mol. The van der Waals surface area contributed by atoms with Crippen molar-refractivity contribution in [1.29, 1.82) is 0 Å². The fraction of sp³-hybridized carbons (Fsp3) is 0.333. The molecule has 1 N–H and O–H groups in total. The second kappa shape index (κ2) is 10.8. The van der Waals surface area contributed by atoms with Crippen molar-refractivity contribution in [3.05, 3.63) is 47.5 Å². The molecule has 0 radical (unpaired) electrons. The van der Waals surface area contributed by atoms with Crippen molar-refractivity contribution in [2.24, 2.45) is 5.10 Å². The molecule has 0 fully saturated rings. The molecule has 0 atom stereocenters. The first-order chi connectivity index (χ1) is 13.6. The summed E-state index contributed by atoms with van der Waals surface area (Å²) in [6.07, 6.45) is 1.54. The zero-order valence-corrected chi connectivity index (χ0v) is 16.7. The third-order valence-corrected chi connectivity index (χ3v) is 3.64. The summed E-state index contributed by atoms with van der Waals surface area (Å²) in [5.41, 5.74) is 3.67. The molecule has 150 valence electrons. The van der Waals surface area contributed by atoms with Crippen LogP contribution in [0.15, 0.2) is 41.5 Å². The molecular formula is C21H26N2O5. The molecule has 0 saturated heterocycles. The molecule has 0 spiro atoms. The SMILES string of the molecule is CCOc1cc(C(=O)N/N=C\c2cccc(OC)c2)cc(OCC)c1OCC. The number of benzene rings is 2. The van der Waals surface area contributed by atoms with Crippen LogP contribution in [0.3, 0.4) is 0 Å². The van der Waals surface area contributed by atoms with Crippen LogP contribution in [-0.2, 0) is 0 Å². The molecule has 0 unspecified atom stereocenters. The van der Waals surface area contributed by atoms with Crippen LogP contribution in [0.1, 0.15) is 36.7 Å². The number of amides is 1. The van der Waals surface area contributed by atoms with Crippen LogP contribution in [0, 0.1) is 0 Å². The number of ether oxygens (including phenoxy) is 4. The third-order valence-electron chi connectivity index (χ3n) is 3.64. The molecule has 0 aliphatic carbocycles. The Morgan fingerprint density at radius 1 is 1.00 bits per heavy atom. The largest absolute Gasteiger partial charge is 0.497 e. The van der Waals surface area contributed by atoms with E-state index in [0.29, 0.717) is 48.4 Å². The normalized spacial score (nSPS) is 10.6. The van der Waals surface area contributed by atoms with Crippen LogP contribution in [0.4, 0.5) is 0 Å². The maximum Gasteiger partial charge on any atom is 0.271 e. The van der Waals surface area contributed by atoms with Crippen molar-refractivity contribution in [3.8, 4) is 23.0 Å². The monoisotopic (exact) mass is 386 g/mol. The van der Waals surface area contributed by atoms with Crippen LogP contribution in [0.2, 0.25) is 0 Å². The van der Waals surface area contributed by atoms with Crippen LogP contribution in [0.25, 0.3) is 0 Å². The van der Waals surface area contributed by atoms with Gasteiger partial charge in [0.1, 0.15) is 5.75 Å². The summed E-state index contributed by atoms with van der Waals surface area (Å²) in [4.78, 5) is 12.5. The van der Waals surface area contributed by atoms with Crippen molar-refractivity contribution in [2.75, 3.05) is 26.9 Å². The first kappa shape index (κ1) is 21.1. The minimum Gasteiger partial charge on any atom is -0.497 e. The van der Waals surface area contributed by atoms with Crippen LogP contribution >= 0.6 is 0 Å². The fourth-order valence-electron chi connectivity index (χ4n) is 2.47. The number of hydrogen-bond donors (Lipinski definition) is 1. The summed E-state index contributed by atoms with van der Waals surface area (Å²) >= 11 is 0. The van der Waals surface area contributed by atoms with E-state index in [1.165, 1.54) is 0 Å². The predicted molar refractivity (Wildman–Crippen MR) is 108 cm³/mol. The summed E-state index contributed by atoms with van der Waals surface area (Å²) in [6.45, 7) is 6.92. The first-order valence-electron chi connectivity index (χ1n) is 9.16. The average molecular weight is 386 g/mol. The highest BCUT2D eigenvalue weighted by molar-refractivity contribution is 5.96. The summed E-state index contributed by atoms with van der Waals surface area (Å²) in [5.74, 6) is 1.73. The third kappa shape index (κ3) is 5.64. The zero-order valence-electron chi connectivity index (χ0n) is 16.7. The van der Waals surface area contributed by atoms with Crippen LogP contribution in [0.5, 0.6) is 23.0 Å². The molecule has 0 bridgehead atoms. The van der Waals surface area contributed by atoms with Gasteiger partial charge in [0.2, 0.25) is 5.75 Å². The van der Waals surface area contributed by atoms with Gasteiger partial charge in [-0.15, -0.1) is 0 Å². The van der Waals surface area contributed by atoms with E-state index in [1.54, 1.807) is 25.5 Å². The molecule has 7 nitrogen and oxygen atoms in total. The molecule has 0 heterocycles. The van der Waals surface area contributed by atoms with Crippen molar-refractivity contribution < 1.29 is 23.7 Å². The lowest BCUT2D eigenvalue weighted by molar-refractivity contribution is 0.0954. The maximum atomic E-state index is 12.5. The number of carbonyl (C=O) groups is 1. The van der Waals surface area contributed by atoms with Crippen LogP contribution in [-0.4, -0.2) is 39.1 Å². The maximum absolute atomic E-state index is 12.5. The van der Waals surface area contributed by atoms with Crippen molar-refractivity contribution in [1.82, 2.24) is 5.43 Å². The number of nitrogens with one attached hydrogen (secondary N) is 1. The summed E-state index contributed by atoms with van der Waals surface area (Å²) in [6, 6.07) is 10.6. The second-order valence-electron chi connectivity index (χ2n) is 5.58. The van der Waals surface area contributed by atoms with Gasteiger partial charge in [-0.25, -0.2) is 5.43 Å². The molecule has 2 aromatic carbocycles. The first-order valence-corrected chi connectivity index (χ1v) is 9.16. The van der Waals surface area contributed by atoms with Crippen molar-refractivity contribution >= 4 is 12.1 Å². The summed E-state index contributed by atoms with van der Waals surface area (Å²) in [5, 5.41) is 4.01. The number of carbonyl (C=O) groups excluding carboxylic acids is 1. The Balaban J connectivity index is 2.22. The number of methoxy groups -OCH3 is 1. The molecule has 0 saturated carbocycles. The molecule has 28 heavy (non-hydrogen) atoms. The van der Waals surface area contributed by atoms with E-state index in [1.807, 2.05) is 45.0 Å². The second-order valence-corrected chi connectivity index (χ2v) is 5.58. The molecule has 2 rings (SSSR count). The quantitative estimate of drug-likeness (QED) is 0.498. The van der Waals surface area contributed by atoms with Gasteiger partial charge in [-0.1, -0.05) is 12.1 Å². The highest BCUT2D eigenvalue weighted by atomic mass is 16.5. The fourth-order valence-corrected chi connectivity index (χ4v) is 2.47. The van der Waals surface area contributed by atoms with Crippen molar-refractivity contribution in [2.45, 2.75) is 20.8 Å². The Morgan fingerprint density at radius 2 is 1.64 bits per heavy atom. The van der Waals surface area contributed by atoms with Gasteiger partial charge in [-0.05, 0) is 50.6 Å². The van der Waals surface area contributed by atoms with E-state index in [4.69, 9.17) is 18.9 Å².